The van der Waals surface area contributed by atoms with Crippen molar-refractivity contribution in [2.75, 3.05) is 26.2 Å². The lowest BCUT2D eigenvalue weighted by molar-refractivity contribution is 0.0578. The molecule has 0 spiro atoms. The molecule has 144 valence electrons. The van der Waals surface area contributed by atoms with Gasteiger partial charge in [-0.05, 0) is 50.0 Å². The molecule has 1 saturated carbocycles. The van der Waals surface area contributed by atoms with Crippen LogP contribution in [-0.4, -0.2) is 54.4 Å². The van der Waals surface area contributed by atoms with Crippen LogP contribution in [0, 0.1) is 0 Å². The van der Waals surface area contributed by atoms with E-state index in [0.29, 0.717) is 31.2 Å². The van der Waals surface area contributed by atoms with Crippen molar-refractivity contribution in [2.24, 2.45) is 0 Å². The van der Waals surface area contributed by atoms with Gasteiger partial charge < -0.3 is 20.1 Å². The highest BCUT2D eigenvalue weighted by molar-refractivity contribution is 5.27. The number of ether oxygens (including phenoxy) is 1. The summed E-state index contributed by atoms with van der Waals surface area (Å²) in [6.07, 6.45) is 3.13. The molecule has 27 heavy (non-hydrogen) atoms. The van der Waals surface area contributed by atoms with Gasteiger partial charge in [0.2, 0.25) is 0 Å². The highest BCUT2D eigenvalue weighted by Gasteiger charge is 2.39. The van der Waals surface area contributed by atoms with Gasteiger partial charge in [-0.2, -0.15) is 0 Å². The number of aliphatic hydroxyl groups is 1. The lowest BCUT2D eigenvalue weighted by Crippen LogP contribution is -2.46. The minimum Gasteiger partial charge on any atom is -0.491 e. The fourth-order valence-electron chi connectivity index (χ4n) is 4.09. The van der Waals surface area contributed by atoms with Gasteiger partial charge in [-0.25, -0.2) is 0 Å². The fraction of sp³-hybridized carbons (Fsp3) is 0.478. The van der Waals surface area contributed by atoms with Gasteiger partial charge in [-0.3, -0.25) is 0 Å². The number of rotatable bonds is 8. The highest BCUT2D eigenvalue weighted by Crippen LogP contribution is 2.41. The lowest BCUT2D eigenvalue weighted by atomic mass is 10.0. The van der Waals surface area contributed by atoms with Gasteiger partial charge >= 0.3 is 0 Å². The van der Waals surface area contributed by atoms with Crippen LogP contribution in [0.1, 0.15) is 30.7 Å². The van der Waals surface area contributed by atoms with Crippen molar-refractivity contribution in [3.05, 3.63) is 66.2 Å². The van der Waals surface area contributed by atoms with Crippen LogP contribution in [0.15, 0.2) is 60.7 Å². The number of para-hydroxylation sites is 1. The van der Waals surface area contributed by atoms with Crippen LogP contribution in [0.2, 0.25) is 0 Å². The molecule has 2 aliphatic rings. The number of hydrogen-bond donors (Lipinski definition) is 2. The predicted molar refractivity (Wildman–Crippen MR) is 108 cm³/mol. The molecule has 2 aromatic rings. The van der Waals surface area contributed by atoms with E-state index in [4.69, 9.17) is 4.74 Å². The summed E-state index contributed by atoms with van der Waals surface area (Å²) in [6, 6.07) is 21.8. The topological polar surface area (TPSA) is 44.7 Å². The molecule has 0 aromatic heterocycles. The first kappa shape index (κ1) is 18.5. The van der Waals surface area contributed by atoms with Gasteiger partial charge in [0.15, 0.2) is 0 Å². The first-order valence-corrected chi connectivity index (χ1v) is 10.2. The average Bonchev–Trinajstić information content (AvgIpc) is 3.49. The molecular weight excluding hydrogens is 336 g/mol. The Morgan fingerprint density at radius 3 is 2.37 bits per heavy atom. The molecular formula is C23H30N2O2. The lowest BCUT2D eigenvalue weighted by Gasteiger charge is -2.33. The normalized spacial score (nSPS) is 24.5. The van der Waals surface area contributed by atoms with Crippen LogP contribution >= 0.6 is 0 Å². The molecule has 0 radical (unpaired) electrons. The summed E-state index contributed by atoms with van der Waals surface area (Å²) in [5.41, 5.74) is 1.47. The molecule has 4 rings (SSSR count). The molecule has 4 heteroatoms. The summed E-state index contributed by atoms with van der Waals surface area (Å²) in [5, 5.41) is 14.1. The van der Waals surface area contributed by atoms with Crippen molar-refractivity contribution >= 4 is 0 Å². The molecule has 2 aromatic carbocycles. The van der Waals surface area contributed by atoms with Crippen molar-refractivity contribution in [1.29, 1.82) is 0 Å². The number of likely N-dealkylation sites (tertiary alicyclic amines) is 1. The Hall–Kier alpha value is -1.88. The molecule has 2 N–H and O–H groups in total. The van der Waals surface area contributed by atoms with E-state index >= 15 is 0 Å². The smallest absolute Gasteiger partial charge is 0.119 e. The predicted octanol–water partition coefficient (Wildman–Crippen LogP) is 3.04. The second-order valence-electron chi connectivity index (χ2n) is 7.88. The minimum absolute atomic E-state index is 0.350. The molecule has 2 fully saturated rings. The zero-order chi connectivity index (χ0) is 18.5. The second-order valence-corrected chi connectivity index (χ2v) is 7.88. The van der Waals surface area contributed by atoms with E-state index in [9.17, 15) is 5.11 Å². The van der Waals surface area contributed by atoms with Crippen molar-refractivity contribution in [3.63, 3.8) is 0 Å². The monoisotopic (exact) mass is 366 g/mol. The van der Waals surface area contributed by atoms with Crippen molar-refractivity contribution < 1.29 is 9.84 Å². The minimum atomic E-state index is -0.444. The number of aliphatic hydroxyl groups excluding tert-OH is 1. The number of nitrogens with zero attached hydrogens (tertiary/aromatic N) is 1. The second kappa shape index (κ2) is 8.87. The summed E-state index contributed by atoms with van der Waals surface area (Å²) in [5.74, 6) is 1.51. The van der Waals surface area contributed by atoms with Crippen molar-refractivity contribution in [1.82, 2.24) is 10.2 Å². The third-order valence-corrected chi connectivity index (χ3v) is 5.71. The summed E-state index contributed by atoms with van der Waals surface area (Å²) in [6.45, 7) is 3.13. The molecule has 3 unspecified atom stereocenters. The molecule has 0 bridgehead atoms. The van der Waals surface area contributed by atoms with Crippen LogP contribution in [-0.2, 0) is 0 Å². The Morgan fingerprint density at radius 1 is 1.00 bits per heavy atom. The van der Waals surface area contributed by atoms with Gasteiger partial charge in [-0.15, -0.1) is 0 Å². The quantitative estimate of drug-likeness (QED) is 0.754. The summed E-state index contributed by atoms with van der Waals surface area (Å²) >= 11 is 0. The van der Waals surface area contributed by atoms with Crippen LogP contribution < -0.4 is 10.1 Å². The summed E-state index contributed by atoms with van der Waals surface area (Å²) in [7, 11) is 0. The molecule has 1 aliphatic heterocycles. The number of benzene rings is 2. The van der Waals surface area contributed by atoms with E-state index in [-0.39, 0.29) is 0 Å². The number of β-amino-alcohol motifs (C(OH)–C–C–N with tert-alkyl or cyclic N) is 1. The summed E-state index contributed by atoms with van der Waals surface area (Å²) < 4.78 is 5.66. The van der Waals surface area contributed by atoms with Gasteiger partial charge in [0.1, 0.15) is 18.5 Å². The van der Waals surface area contributed by atoms with E-state index in [2.05, 4.69) is 40.5 Å². The van der Waals surface area contributed by atoms with E-state index < -0.39 is 6.10 Å². The van der Waals surface area contributed by atoms with Crippen molar-refractivity contribution in [2.45, 2.75) is 43.4 Å². The summed E-state index contributed by atoms with van der Waals surface area (Å²) in [4.78, 5) is 2.36. The Labute approximate surface area is 162 Å². The van der Waals surface area contributed by atoms with Crippen molar-refractivity contribution in [3.8, 4) is 5.75 Å². The van der Waals surface area contributed by atoms with E-state index in [1.54, 1.807) is 0 Å². The van der Waals surface area contributed by atoms with Crippen LogP contribution in [0.3, 0.4) is 0 Å². The molecule has 1 heterocycles. The Balaban J connectivity index is 1.13. The molecule has 0 amide bonds. The molecule has 1 aliphatic carbocycles. The van der Waals surface area contributed by atoms with Gasteiger partial charge in [0.05, 0.1) is 0 Å². The standard InChI is InChI=1S/C23H30N2O2/c26-20(17-27-21-9-5-2-6-10-21)16-25-13-11-19(12-14-25)24-23-15-22(23)18-7-3-1-4-8-18/h1-10,19-20,22-24,26H,11-17H2. The first-order valence-electron chi connectivity index (χ1n) is 10.2. The highest BCUT2D eigenvalue weighted by atomic mass is 16.5. The average molecular weight is 367 g/mol. The van der Waals surface area contributed by atoms with Crippen LogP contribution in [0.25, 0.3) is 0 Å². The molecule has 3 atom stereocenters. The molecule has 1 saturated heterocycles. The number of hydrogen-bond acceptors (Lipinski definition) is 4. The Morgan fingerprint density at radius 2 is 1.67 bits per heavy atom. The Bertz CT molecular complexity index is 686. The maximum absolute atomic E-state index is 10.3. The van der Waals surface area contributed by atoms with E-state index in [1.165, 1.54) is 12.0 Å². The van der Waals surface area contributed by atoms with Crippen LogP contribution in [0.4, 0.5) is 0 Å². The van der Waals surface area contributed by atoms with E-state index in [0.717, 1.165) is 31.7 Å². The van der Waals surface area contributed by atoms with Gasteiger partial charge in [0.25, 0.3) is 0 Å². The zero-order valence-corrected chi connectivity index (χ0v) is 15.8. The van der Waals surface area contributed by atoms with E-state index in [1.807, 2.05) is 30.3 Å². The SMILES string of the molecule is OC(COc1ccccc1)CN1CCC(NC2CC2c2ccccc2)CC1. The first-order chi connectivity index (χ1) is 13.3. The van der Waals surface area contributed by atoms with Crippen LogP contribution in [0.5, 0.6) is 5.75 Å². The molecule has 4 nitrogen and oxygen atoms in total. The third kappa shape index (κ3) is 5.32. The maximum atomic E-state index is 10.3. The third-order valence-electron chi connectivity index (χ3n) is 5.71. The maximum Gasteiger partial charge on any atom is 0.119 e. The number of nitrogens with one attached hydrogen (secondary N) is 1. The zero-order valence-electron chi connectivity index (χ0n) is 15.8. The van der Waals surface area contributed by atoms with Gasteiger partial charge in [0, 0.05) is 24.5 Å². The number of piperidine rings is 1. The fourth-order valence-corrected chi connectivity index (χ4v) is 4.09. The van der Waals surface area contributed by atoms with Gasteiger partial charge in [-0.1, -0.05) is 48.5 Å². The largest absolute Gasteiger partial charge is 0.491 e. The Kier molecular flexibility index (Phi) is 6.07.